The summed E-state index contributed by atoms with van der Waals surface area (Å²) in [6.07, 6.45) is 2.27. The molecule has 0 fully saturated rings. The van der Waals surface area contributed by atoms with Crippen LogP contribution in [0.3, 0.4) is 0 Å². The van der Waals surface area contributed by atoms with Gasteiger partial charge < -0.3 is 0 Å². The van der Waals surface area contributed by atoms with Crippen LogP contribution in [0.4, 0.5) is 4.39 Å². The van der Waals surface area contributed by atoms with Gasteiger partial charge in [0.1, 0.15) is 5.82 Å². The van der Waals surface area contributed by atoms with Crippen LogP contribution in [0.5, 0.6) is 0 Å². The Labute approximate surface area is 91.6 Å². The van der Waals surface area contributed by atoms with Crippen molar-refractivity contribution in [2.45, 2.75) is 30.5 Å². The van der Waals surface area contributed by atoms with E-state index in [1.165, 1.54) is 23.1 Å². The number of benzene rings is 1. The van der Waals surface area contributed by atoms with Crippen LogP contribution < -0.4 is 0 Å². The average Bonchev–Trinajstić information content (AvgIpc) is 2.65. The molecule has 0 saturated heterocycles. The van der Waals surface area contributed by atoms with Crippen LogP contribution in [-0.2, 0) is 6.42 Å². The minimum atomic E-state index is -0.0713. The summed E-state index contributed by atoms with van der Waals surface area (Å²) in [7, 11) is 0. The Kier molecular flexibility index (Phi) is 1.79. The molecule has 0 amide bonds. The molecule has 3 rings (SSSR count). The molecule has 0 heterocycles. The first-order valence-electron chi connectivity index (χ1n) is 5.15. The fraction of sp³-hybridized carbons (Fsp3) is 0.500. The maximum absolute atomic E-state index is 13.3. The largest absolute Gasteiger partial charge is 0.207 e. The molecule has 0 radical (unpaired) electrons. The van der Waals surface area contributed by atoms with Gasteiger partial charge in [-0.25, -0.2) is 4.39 Å². The van der Waals surface area contributed by atoms with Crippen molar-refractivity contribution in [3.8, 4) is 0 Å². The van der Waals surface area contributed by atoms with E-state index in [-0.39, 0.29) is 5.82 Å². The van der Waals surface area contributed by atoms with Crippen LogP contribution in [-0.4, -0.2) is 0 Å². The summed E-state index contributed by atoms with van der Waals surface area (Å²) in [5.41, 5.74) is 3.90. The number of aryl methyl sites for hydroxylation is 1. The van der Waals surface area contributed by atoms with Crippen molar-refractivity contribution in [1.82, 2.24) is 0 Å². The average molecular weight is 255 g/mol. The monoisotopic (exact) mass is 254 g/mol. The molecule has 2 heteroatoms. The second-order valence-electron chi connectivity index (χ2n) is 4.47. The van der Waals surface area contributed by atoms with Crippen molar-refractivity contribution in [3.63, 3.8) is 0 Å². The van der Waals surface area contributed by atoms with E-state index in [1.54, 1.807) is 12.1 Å². The summed E-state index contributed by atoms with van der Waals surface area (Å²) in [6, 6.07) is 3.43. The molecule has 74 valence electrons. The number of rotatable bonds is 0. The topological polar surface area (TPSA) is 0 Å². The summed E-state index contributed by atoms with van der Waals surface area (Å²) >= 11 is 3.68. The predicted molar refractivity (Wildman–Crippen MR) is 58.3 cm³/mol. The van der Waals surface area contributed by atoms with Crippen LogP contribution in [0.25, 0.3) is 0 Å². The molecule has 14 heavy (non-hydrogen) atoms. The zero-order chi connectivity index (χ0) is 9.87. The minimum Gasteiger partial charge on any atom is -0.207 e. The van der Waals surface area contributed by atoms with Crippen LogP contribution in [0.2, 0.25) is 0 Å². The third kappa shape index (κ3) is 0.979. The zero-order valence-corrected chi connectivity index (χ0v) is 9.64. The van der Waals surface area contributed by atoms with Crippen molar-refractivity contribution in [2.24, 2.45) is 5.92 Å². The number of alkyl halides is 1. The van der Waals surface area contributed by atoms with Crippen molar-refractivity contribution in [2.75, 3.05) is 0 Å². The molecule has 0 aliphatic heterocycles. The number of halogens is 2. The van der Waals surface area contributed by atoms with E-state index in [9.17, 15) is 4.39 Å². The van der Waals surface area contributed by atoms with Crippen LogP contribution in [0.1, 0.15) is 40.8 Å². The van der Waals surface area contributed by atoms with Gasteiger partial charge >= 0.3 is 0 Å². The number of hydrogen-bond acceptors (Lipinski definition) is 0. The maximum Gasteiger partial charge on any atom is 0.123 e. The van der Waals surface area contributed by atoms with Crippen molar-refractivity contribution in [1.29, 1.82) is 0 Å². The molecule has 3 unspecified atom stereocenters. The zero-order valence-electron chi connectivity index (χ0n) is 8.06. The maximum atomic E-state index is 13.3. The summed E-state index contributed by atoms with van der Waals surface area (Å²) in [4.78, 5) is 0.359. The lowest BCUT2D eigenvalue weighted by Gasteiger charge is -2.14. The lowest BCUT2D eigenvalue weighted by molar-refractivity contribution is 0.487. The molecule has 0 spiro atoms. The van der Waals surface area contributed by atoms with Gasteiger partial charge in [-0.05, 0) is 53.5 Å². The van der Waals surface area contributed by atoms with Gasteiger partial charge in [0.2, 0.25) is 0 Å². The molecule has 1 aromatic carbocycles. The molecule has 2 aliphatic rings. The van der Waals surface area contributed by atoms with E-state index in [0.29, 0.717) is 16.7 Å². The third-order valence-corrected chi connectivity index (χ3v) is 5.08. The van der Waals surface area contributed by atoms with Gasteiger partial charge in [-0.2, -0.15) is 0 Å². The highest BCUT2D eigenvalue weighted by Crippen LogP contribution is 2.55. The Bertz CT molecular complexity index is 400. The van der Waals surface area contributed by atoms with E-state index in [2.05, 4.69) is 22.9 Å². The van der Waals surface area contributed by atoms with Crippen LogP contribution in [0.15, 0.2) is 12.1 Å². The molecular weight excluding hydrogens is 243 g/mol. The minimum absolute atomic E-state index is 0.0713. The third-order valence-electron chi connectivity index (χ3n) is 3.75. The Hall–Kier alpha value is -0.370. The molecule has 0 aromatic heterocycles. The summed E-state index contributed by atoms with van der Waals surface area (Å²) in [5, 5.41) is 0. The normalized spacial score (nSPS) is 33.5. The van der Waals surface area contributed by atoms with E-state index < -0.39 is 0 Å². The second kappa shape index (κ2) is 2.82. The molecular formula is C12H12BrF. The van der Waals surface area contributed by atoms with Crippen LogP contribution in [0, 0.1) is 11.7 Å². The van der Waals surface area contributed by atoms with Gasteiger partial charge in [-0.3, -0.25) is 0 Å². The summed E-state index contributed by atoms with van der Waals surface area (Å²) < 4.78 is 13.3. The molecule has 3 atom stereocenters. The van der Waals surface area contributed by atoms with Crippen molar-refractivity contribution < 1.29 is 4.39 Å². The molecule has 0 N–H and O–H groups in total. The molecule has 0 bridgehead atoms. The quantitative estimate of drug-likeness (QED) is 0.616. The Morgan fingerprint density at radius 2 is 2.21 bits per heavy atom. The van der Waals surface area contributed by atoms with Crippen LogP contribution >= 0.6 is 15.9 Å². The van der Waals surface area contributed by atoms with Gasteiger partial charge in [-0.15, -0.1) is 0 Å². The van der Waals surface area contributed by atoms with E-state index in [1.807, 2.05) is 0 Å². The summed E-state index contributed by atoms with van der Waals surface area (Å²) in [5.74, 6) is 1.22. The smallest absolute Gasteiger partial charge is 0.123 e. The van der Waals surface area contributed by atoms with Gasteiger partial charge in [0, 0.05) is 4.83 Å². The molecule has 0 saturated carbocycles. The Morgan fingerprint density at radius 3 is 3.00 bits per heavy atom. The molecule has 2 aliphatic carbocycles. The van der Waals surface area contributed by atoms with Gasteiger partial charge in [0.05, 0.1) is 0 Å². The summed E-state index contributed by atoms with van der Waals surface area (Å²) in [6.45, 7) is 2.26. The molecule has 0 nitrogen and oxygen atoms in total. The van der Waals surface area contributed by atoms with Gasteiger partial charge in [0.25, 0.3) is 0 Å². The highest BCUT2D eigenvalue weighted by molar-refractivity contribution is 9.09. The lowest BCUT2D eigenvalue weighted by atomic mass is 9.95. The SMILES string of the molecule is CC1C(Br)c2cc(F)cc3c2C1CC3. The highest BCUT2D eigenvalue weighted by atomic mass is 79.9. The Morgan fingerprint density at radius 1 is 1.43 bits per heavy atom. The second-order valence-corrected chi connectivity index (χ2v) is 5.46. The highest BCUT2D eigenvalue weighted by Gasteiger charge is 2.41. The predicted octanol–water partition coefficient (Wildman–Crippen LogP) is 3.94. The van der Waals surface area contributed by atoms with E-state index in [0.717, 1.165) is 6.42 Å². The fourth-order valence-corrected chi connectivity index (χ4v) is 3.80. The Balaban J connectivity index is 2.27. The fourth-order valence-electron chi connectivity index (χ4n) is 3.05. The first kappa shape index (κ1) is 8.90. The van der Waals surface area contributed by atoms with Crippen molar-refractivity contribution >= 4 is 15.9 Å². The van der Waals surface area contributed by atoms with Gasteiger partial charge in [0.15, 0.2) is 0 Å². The van der Waals surface area contributed by atoms with E-state index in [4.69, 9.17) is 0 Å². The standard InChI is InChI=1S/C12H12BrF/c1-6-9-3-2-7-4-8(14)5-10(11(7)9)12(6)13/h4-6,9,12H,2-3H2,1H3. The first-order valence-corrected chi connectivity index (χ1v) is 6.06. The lowest BCUT2D eigenvalue weighted by Crippen LogP contribution is -2.02. The van der Waals surface area contributed by atoms with Crippen molar-refractivity contribution in [3.05, 3.63) is 34.6 Å². The number of hydrogen-bond donors (Lipinski definition) is 0. The first-order chi connectivity index (χ1) is 6.68. The van der Waals surface area contributed by atoms with Gasteiger partial charge in [-0.1, -0.05) is 22.9 Å². The van der Waals surface area contributed by atoms with E-state index >= 15 is 0 Å². The molecule has 1 aromatic rings.